The van der Waals surface area contributed by atoms with E-state index in [0.717, 1.165) is 11.9 Å². The van der Waals surface area contributed by atoms with Crippen molar-refractivity contribution >= 4 is 15.9 Å². The molecule has 2 aromatic rings. The summed E-state index contributed by atoms with van der Waals surface area (Å²) in [6.45, 7) is 7.61. The van der Waals surface area contributed by atoms with Gasteiger partial charge in [0.05, 0.1) is 6.54 Å². The van der Waals surface area contributed by atoms with Gasteiger partial charge in [-0.3, -0.25) is 0 Å². The molecular weight excluding hydrogens is 300 g/mol. The van der Waals surface area contributed by atoms with Crippen LogP contribution in [0.1, 0.15) is 29.5 Å². The standard InChI is InChI=1S/C16H22BrN2/c1-13-10-14(2)16(15(3)11-13)19-9-8-18(12-19)7-5-4-6-17/h8-12H,4-7H2,1-3H3/q+1. The molecule has 2 nitrogen and oxygen atoms in total. The minimum atomic E-state index is 1.09. The predicted octanol–water partition coefficient (Wildman–Crippen LogP) is 3.87. The summed E-state index contributed by atoms with van der Waals surface area (Å²) in [5, 5.41) is 1.09. The molecule has 0 radical (unpaired) electrons. The molecule has 0 fully saturated rings. The largest absolute Gasteiger partial charge is 0.248 e. The van der Waals surface area contributed by atoms with Crippen molar-refractivity contribution in [1.82, 2.24) is 4.57 Å². The molecular formula is C16H22BrN2+. The average molecular weight is 322 g/mol. The van der Waals surface area contributed by atoms with E-state index in [1.54, 1.807) is 0 Å². The number of unbranched alkanes of at least 4 members (excludes halogenated alkanes) is 1. The Morgan fingerprint density at radius 2 is 1.79 bits per heavy atom. The lowest BCUT2D eigenvalue weighted by Crippen LogP contribution is -2.30. The average Bonchev–Trinajstić information content (AvgIpc) is 2.76. The zero-order valence-electron chi connectivity index (χ0n) is 12.0. The van der Waals surface area contributed by atoms with Crippen LogP contribution in [-0.2, 0) is 6.54 Å². The molecule has 102 valence electrons. The number of alkyl halides is 1. The van der Waals surface area contributed by atoms with E-state index in [4.69, 9.17) is 0 Å². The van der Waals surface area contributed by atoms with Gasteiger partial charge in [0.1, 0.15) is 18.1 Å². The van der Waals surface area contributed by atoms with Gasteiger partial charge in [-0.1, -0.05) is 33.6 Å². The molecule has 0 saturated heterocycles. The van der Waals surface area contributed by atoms with Crippen LogP contribution in [0, 0.1) is 20.8 Å². The second kappa shape index (κ2) is 6.38. The highest BCUT2D eigenvalue weighted by Crippen LogP contribution is 2.20. The summed E-state index contributed by atoms with van der Waals surface area (Å²) in [7, 11) is 0. The van der Waals surface area contributed by atoms with Crippen LogP contribution in [0.5, 0.6) is 0 Å². The lowest BCUT2D eigenvalue weighted by Gasteiger charge is -2.07. The topological polar surface area (TPSA) is 8.81 Å². The van der Waals surface area contributed by atoms with Crippen LogP contribution in [-0.4, -0.2) is 9.90 Å². The first-order valence-electron chi connectivity index (χ1n) is 6.83. The lowest BCUT2D eigenvalue weighted by molar-refractivity contribution is -0.696. The van der Waals surface area contributed by atoms with Crippen LogP contribution >= 0.6 is 15.9 Å². The third kappa shape index (κ3) is 3.47. The van der Waals surface area contributed by atoms with Crippen LogP contribution in [0.3, 0.4) is 0 Å². The molecule has 0 N–H and O–H groups in total. The summed E-state index contributed by atoms with van der Waals surface area (Å²) in [5.74, 6) is 0. The summed E-state index contributed by atoms with van der Waals surface area (Å²) in [6.07, 6.45) is 8.94. The number of rotatable bonds is 5. The highest BCUT2D eigenvalue weighted by atomic mass is 79.9. The second-order valence-corrected chi connectivity index (χ2v) is 6.00. The normalized spacial score (nSPS) is 10.9. The predicted molar refractivity (Wildman–Crippen MR) is 83.2 cm³/mol. The SMILES string of the molecule is Cc1cc(C)c(-n2cc[n+](CCCCBr)c2)c(C)c1. The maximum absolute atomic E-state index is 3.48. The third-order valence-corrected chi connectivity index (χ3v) is 3.95. The van der Waals surface area contributed by atoms with Gasteiger partial charge in [-0.2, -0.15) is 0 Å². The molecule has 2 rings (SSSR count). The summed E-state index contributed by atoms with van der Waals surface area (Å²) in [6, 6.07) is 4.50. The molecule has 1 aromatic heterocycles. The van der Waals surface area contributed by atoms with Crippen molar-refractivity contribution in [2.75, 3.05) is 5.33 Å². The van der Waals surface area contributed by atoms with Crippen molar-refractivity contribution < 1.29 is 4.57 Å². The number of aromatic nitrogens is 2. The van der Waals surface area contributed by atoms with Gasteiger partial charge >= 0.3 is 0 Å². The van der Waals surface area contributed by atoms with Crippen molar-refractivity contribution in [3.05, 3.63) is 47.5 Å². The minimum absolute atomic E-state index is 1.09. The molecule has 1 heterocycles. The van der Waals surface area contributed by atoms with Crippen molar-refractivity contribution in [1.29, 1.82) is 0 Å². The number of benzene rings is 1. The second-order valence-electron chi connectivity index (χ2n) is 5.20. The maximum Gasteiger partial charge on any atom is 0.248 e. The summed E-state index contributed by atoms with van der Waals surface area (Å²) in [5.41, 5.74) is 5.31. The first-order chi connectivity index (χ1) is 9.11. The fraction of sp³-hybridized carbons (Fsp3) is 0.438. The first kappa shape index (κ1) is 14.3. The minimum Gasteiger partial charge on any atom is -0.236 e. The number of hydrogen-bond donors (Lipinski definition) is 0. The number of nitrogens with zero attached hydrogens (tertiary/aromatic N) is 2. The van der Waals surface area contributed by atoms with E-state index < -0.39 is 0 Å². The van der Waals surface area contributed by atoms with E-state index in [1.165, 1.54) is 35.2 Å². The lowest BCUT2D eigenvalue weighted by atomic mass is 10.1. The third-order valence-electron chi connectivity index (χ3n) is 3.39. The summed E-state index contributed by atoms with van der Waals surface area (Å²) >= 11 is 3.48. The molecule has 0 aliphatic rings. The van der Waals surface area contributed by atoms with Gasteiger partial charge in [0.2, 0.25) is 6.33 Å². The molecule has 0 bridgehead atoms. The van der Waals surface area contributed by atoms with Crippen LogP contribution in [0.4, 0.5) is 0 Å². The molecule has 1 aromatic carbocycles. The Morgan fingerprint density at radius 1 is 1.11 bits per heavy atom. The van der Waals surface area contributed by atoms with E-state index in [0.29, 0.717) is 0 Å². The van der Waals surface area contributed by atoms with Gasteiger partial charge in [-0.15, -0.1) is 0 Å². The monoisotopic (exact) mass is 321 g/mol. The first-order valence-corrected chi connectivity index (χ1v) is 7.95. The van der Waals surface area contributed by atoms with E-state index >= 15 is 0 Å². The fourth-order valence-corrected chi connectivity index (χ4v) is 3.02. The van der Waals surface area contributed by atoms with Crippen LogP contribution in [0.15, 0.2) is 30.9 Å². The van der Waals surface area contributed by atoms with E-state index in [-0.39, 0.29) is 0 Å². The molecule has 3 heteroatoms. The van der Waals surface area contributed by atoms with E-state index in [9.17, 15) is 0 Å². The quantitative estimate of drug-likeness (QED) is 0.449. The molecule has 0 aliphatic heterocycles. The maximum atomic E-state index is 3.48. The van der Waals surface area contributed by atoms with Gasteiger partial charge in [-0.25, -0.2) is 9.13 Å². The summed E-state index contributed by atoms with van der Waals surface area (Å²) in [4.78, 5) is 0. The Kier molecular flexibility index (Phi) is 4.81. The smallest absolute Gasteiger partial charge is 0.236 e. The van der Waals surface area contributed by atoms with Crippen LogP contribution < -0.4 is 4.57 Å². The van der Waals surface area contributed by atoms with Crippen molar-refractivity contribution in [2.24, 2.45) is 0 Å². The zero-order chi connectivity index (χ0) is 13.8. The molecule has 0 aliphatic carbocycles. The van der Waals surface area contributed by atoms with Crippen molar-refractivity contribution in [3.63, 3.8) is 0 Å². The van der Waals surface area contributed by atoms with E-state index in [2.05, 4.69) is 76.7 Å². The fourth-order valence-electron chi connectivity index (χ4n) is 2.63. The Hall–Kier alpha value is -1.09. The Labute approximate surface area is 124 Å². The van der Waals surface area contributed by atoms with E-state index in [1.807, 2.05) is 0 Å². The van der Waals surface area contributed by atoms with Crippen LogP contribution in [0.2, 0.25) is 0 Å². The highest BCUT2D eigenvalue weighted by molar-refractivity contribution is 9.09. The highest BCUT2D eigenvalue weighted by Gasteiger charge is 2.12. The Bertz CT molecular complexity index is 535. The van der Waals surface area contributed by atoms with Crippen molar-refractivity contribution in [3.8, 4) is 5.69 Å². The van der Waals surface area contributed by atoms with Gasteiger partial charge < -0.3 is 0 Å². The molecule has 0 saturated carbocycles. The molecule has 0 spiro atoms. The number of imidazole rings is 1. The number of hydrogen-bond acceptors (Lipinski definition) is 0. The Morgan fingerprint density at radius 3 is 2.42 bits per heavy atom. The molecule has 0 unspecified atom stereocenters. The van der Waals surface area contributed by atoms with Gasteiger partial charge in [0, 0.05) is 5.33 Å². The zero-order valence-corrected chi connectivity index (χ0v) is 13.6. The Balaban J connectivity index is 2.23. The molecule has 19 heavy (non-hydrogen) atoms. The van der Waals surface area contributed by atoms with Gasteiger partial charge in [0.15, 0.2) is 0 Å². The molecule has 0 atom stereocenters. The number of halogens is 1. The van der Waals surface area contributed by atoms with Crippen molar-refractivity contribution in [2.45, 2.75) is 40.2 Å². The van der Waals surface area contributed by atoms with Gasteiger partial charge in [-0.05, 0) is 44.7 Å². The number of aryl methyl sites for hydroxylation is 4. The van der Waals surface area contributed by atoms with Gasteiger partial charge in [0.25, 0.3) is 0 Å². The molecule has 0 amide bonds. The summed E-state index contributed by atoms with van der Waals surface area (Å²) < 4.78 is 4.50. The van der Waals surface area contributed by atoms with Crippen LogP contribution in [0.25, 0.3) is 5.69 Å².